The van der Waals surface area contributed by atoms with E-state index in [9.17, 15) is 0 Å². The zero-order chi connectivity index (χ0) is 13.7. The van der Waals surface area contributed by atoms with Gasteiger partial charge in [-0.05, 0) is 29.4 Å². The Hall–Kier alpha value is -0.570. The Labute approximate surface area is 121 Å². The molecule has 0 spiro atoms. The van der Waals surface area contributed by atoms with Gasteiger partial charge in [-0.1, -0.05) is 38.1 Å². The zero-order valence-electron chi connectivity index (χ0n) is 11.9. The largest absolute Gasteiger partial charge is 0.372 e. The lowest BCUT2D eigenvalue weighted by Gasteiger charge is -2.29. The van der Waals surface area contributed by atoms with Gasteiger partial charge in [0, 0.05) is 19.0 Å². The van der Waals surface area contributed by atoms with E-state index in [1.54, 1.807) is 0 Å². The fraction of sp³-hybridized carbons (Fsp3) is 0.625. The number of hydrogen-bond donors (Lipinski definition) is 1. The van der Waals surface area contributed by atoms with Crippen LogP contribution in [0.4, 0.5) is 0 Å². The Morgan fingerprint density at radius 2 is 2.16 bits per heavy atom. The van der Waals surface area contributed by atoms with Gasteiger partial charge in [-0.25, -0.2) is 0 Å². The molecule has 1 unspecified atom stereocenters. The molecule has 1 aromatic carbocycles. The molecule has 1 heterocycles. The van der Waals surface area contributed by atoms with Gasteiger partial charge in [-0.3, -0.25) is 0 Å². The zero-order valence-corrected chi connectivity index (χ0v) is 12.7. The topological polar surface area (TPSA) is 21.3 Å². The molecular weight excluding hydrogens is 258 g/mol. The van der Waals surface area contributed by atoms with Crippen LogP contribution in [0.2, 0.25) is 0 Å². The van der Waals surface area contributed by atoms with Crippen LogP contribution in [-0.4, -0.2) is 25.6 Å². The van der Waals surface area contributed by atoms with Gasteiger partial charge in [-0.15, -0.1) is 11.6 Å². The van der Waals surface area contributed by atoms with Crippen molar-refractivity contribution in [2.45, 2.75) is 32.8 Å². The molecule has 0 saturated carbocycles. The van der Waals surface area contributed by atoms with Crippen LogP contribution < -0.4 is 5.32 Å². The van der Waals surface area contributed by atoms with Crippen LogP contribution in [0.1, 0.15) is 37.5 Å². The first-order chi connectivity index (χ1) is 9.12. The smallest absolute Gasteiger partial charge is 0.0952 e. The minimum Gasteiger partial charge on any atom is -0.372 e. The summed E-state index contributed by atoms with van der Waals surface area (Å²) in [5, 5.41) is 3.54. The number of nitrogens with one attached hydrogen (secondary N) is 1. The molecule has 0 bridgehead atoms. The van der Waals surface area contributed by atoms with Gasteiger partial charge in [0.2, 0.25) is 0 Å². The molecule has 0 amide bonds. The molecule has 0 aliphatic carbocycles. The third kappa shape index (κ3) is 4.20. The summed E-state index contributed by atoms with van der Waals surface area (Å²) >= 11 is 5.83. The Kier molecular flexibility index (Phi) is 5.26. The molecule has 0 radical (unpaired) electrons. The third-order valence-corrected chi connectivity index (χ3v) is 3.99. The van der Waals surface area contributed by atoms with Crippen LogP contribution in [0.15, 0.2) is 24.3 Å². The van der Waals surface area contributed by atoms with Crippen molar-refractivity contribution in [1.29, 1.82) is 0 Å². The average Bonchev–Trinajstić information content (AvgIpc) is 2.39. The van der Waals surface area contributed by atoms with Crippen molar-refractivity contribution in [2.24, 2.45) is 5.41 Å². The second-order valence-electron chi connectivity index (χ2n) is 6.04. The van der Waals surface area contributed by atoms with Gasteiger partial charge in [0.25, 0.3) is 0 Å². The highest BCUT2D eigenvalue weighted by molar-refractivity contribution is 6.17. The van der Waals surface area contributed by atoms with Gasteiger partial charge >= 0.3 is 0 Å². The van der Waals surface area contributed by atoms with E-state index in [0.717, 1.165) is 38.4 Å². The Morgan fingerprint density at radius 3 is 2.95 bits per heavy atom. The van der Waals surface area contributed by atoms with Crippen LogP contribution in [0.3, 0.4) is 0 Å². The molecule has 0 fully saturated rings. The monoisotopic (exact) mass is 281 g/mol. The Balaban J connectivity index is 1.88. The standard InChI is InChI=1S/C16H24ClNO/c1-16(2,8-9-17)12-18-11-15-14-6-4-3-5-13(14)7-10-19-15/h3-6,15,18H,7-12H2,1-2H3. The van der Waals surface area contributed by atoms with Gasteiger partial charge < -0.3 is 10.1 Å². The van der Waals surface area contributed by atoms with E-state index in [0.29, 0.717) is 0 Å². The van der Waals surface area contributed by atoms with Crippen molar-refractivity contribution in [3.8, 4) is 0 Å². The minimum absolute atomic E-state index is 0.191. The number of halogens is 1. The first-order valence-electron chi connectivity index (χ1n) is 7.08. The van der Waals surface area contributed by atoms with E-state index in [1.165, 1.54) is 11.1 Å². The summed E-state index contributed by atoms with van der Waals surface area (Å²) in [6.07, 6.45) is 2.26. The minimum atomic E-state index is 0.191. The molecule has 2 rings (SSSR count). The van der Waals surface area contributed by atoms with Gasteiger partial charge in [0.15, 0.2) is 0 Å². The predicted octanol–water partition coefficient (Wildman–Crippen LogP) is 3.55. The maximum Gasteiger partial charge on any atom is 0.0952 e. The number of ether oxygens (including phenoxy) is 1. The summed E-state index contributed by atoms with van der Waals surface area (Å²) in [6, 6.07) is 8.60. The van der Waals surface area contributed by atoms with Crippen molar-refractivity contribution in [3.05, 3.63) is 35.4 Å². The van der Waals surface area contributed by atoms with E-state index in [2.05, 4.69) is 43.4 Å². The van der Waals surface area contributed by atoms with Crippen LogP contribution in [-0.2, 0) is 11.2 Å². The highest BCUT2D eigenvalue weighted by Gasteiger charge is 2.22. The molecule has 1 atom stereocenters. The average molecular weight is 282 g/mol. The van der Waals surface area contributed by atoms with Crippen molar-refractivity contribution < 1.29 is 4.74 Å². The van der Waals surface area contributed by atoms with E-state index < -0.39 is 0 Å². The van der Waals surface area contributed by atoms with Crippen LogP contribution in [0.25, 0.3) is 0 Å². The first kappa shape index (κ1) is 14.8. The number of fused-ring (bicyclic) bond motifs is 1. The van der Waals surface area contributed by atoms with E-state index in [4.69, 9.17) is 16.3 Å². The van der Waals surface area contributed by atoms with Crippen LogP contribution >= 0.6 is 11.6 Å². The second kappa shape index (κ2) is 6.74. The van der Waals surface area contributed by atoms with E-state index in [1.807, 2.05) is 0 Å². The molecule has 1 aliphatic heterocycles. The SMILES string of the molecule is CC(C)(CCCl)CNCC1OCCc2ccccc21. The Morgan fingerprint density at radius 1 is 1.37 bits per heavy atom. The molecule has 0 aromatic heterocycles. The molecule has 3 heteroatoms. The van der Waals surface area contributed by atoms with E-state index in [-0.39, 0.29) is 11.5 Å². The summed E-state index contributed by atoms with van der Waals surface area (Å²) in [5.41, 5.74) is 3.02. The van der Waals surface area contributed by atoms with Crippen molar-refractivity contribution in [3.63, 3.8) is 0 Å². The van der Waals surface area contributed by atoms with Crippen LogP contribution in [0, 0.1) is 5.41 Å². The normalized spacial score (nSPS) is 19.2. The summed E-state index contributed by atoms with van der Waals surface area (Å²) in [5.74, 6) is 0.720. The lowest BCUT2D eigenvalue weighted by atomic mass is 9.90. The summed E-state index contributed by atoms with van der Waals surface area (Å²) in [6.45, 7) is 7.18. The highest BCUT2D eigenvalue weighted by Crippen LogP contribution is 2.26. The molecule has 0 saturated heterocycles. The second-order valence-corrected chi connectivity index (χ2v) is 6.42. The summed E-state index contributed by atoms with van der Waals surface area (Å²) in [4.78, 5) is 0. The molecule has 1 aromatic rings. The molecule has 106 valence electrons. The quantitative estimate of drug-likeness (QED) is 0.805. The van der Waals surface area contributed by atoms with Gasteiger partial charge in [-0.2, -0.15) is 0 Å². The maximum atomic E-state index is 5.89. The molecule has 2 nitrogen and oxygen atoms in total. The van der Waals surface area contributed by atoms with Gasteiger partial charge in [0.05, 0.1) is 12.7 Å². The van der Waals surface area contributed by atoms with Crippen molar-refractivity contribution >= 4 is 11.6 Å². The summed E-state index contributed by atoms with van der Waals surface area (Å²) < 4.78 is 5.89. The van der Waals surface area contributed by atoms with Crippen molar-refractivity contribution in [2.75, 3.05) is 25.6 Å². The molecule has 1 aliphatic rings. The fourth-order valence-corrected chi connectivity index (χ4v) is 3.04. The number of hydrogen-bond acceptors (Lipinski definition) is 2. The lowest BCUT2D eigenvalue weighted by Crippen LogP contribution is -2.34. The molecule has 19 heavy (non-hydrogen) atoms. The maximum absolute atomic E-state index is 5.89. The predicted molar refractivity (Wildman–Crippen MR) is 80.8 cm³/mol. The van der Waals surface area contributed by atoms with Gasteiger partial charge in [0.1, 0.15) is 0 Å². The molecular formula is C16H24ClNO. The lowest BCUT2D eigenvalue weighted by molar-refractivity contribution is 0.0410. The highest BCUT2D eigenvalue weighted by atomic mass is 35.5. The van der Waals surface area contributed by atoms with Crippen LogP contribution in [0.5, 0.6) is 0 Å². The molecule has 1 N–H and O–H groups in total. The van der Waals surface area contributed by atoms with E-state index >= 15 is 0 Å². The Bertz CT molecular complexity index is 405. The fourth-order valence-electron chi connectivity index (χ4n) is 2.53. The number of benzene rings is 1. The first-order valence-corrected chi connectivity index (χ1v) is 7.62. The third-order valence-electron chi connectivity index (χ3n) is 3.80. The summed E-state index contributed by atoms with van der Waals surface area (Å²) in [7, 11) is 0. The number of alkyl halides is 1. The van der Waals surface area contributed by atoms with Crippen molar-refractivity contribution in [1.82, 2.24) is 5.32 Å². The number of rotatable bonds is 6.